The quantitative estimate of drug-likeness (QED) is 0.569. The van der Waals surface area contributed by atoms with E-state index in [1.807, 2.05) is 47.6 Å². The van der Waals surface area contributed by atoms with Gasteiger partial charge in [0.15, 0.2) is 0 Å². The van der Waals surface area contributed by atoms with E-state index >= 15 is 0 Å². The van der Waals surface area contributed by atoms with Crippen LogP contribution in [0.1, 0.15) is 18.9 Å². The van der Waals surface area contributed by atoms with E-state index in [2.05, 4.69) is 36.3 Å². The van der Waals surface area contributed by atoms with Gasteiger partial charge in [0.05, 0.1) is 11.9 Å². The van der Waals surface area contributed by atoms with Crippen LogP contribution in [0.25, 0.3) is 0 Å². The van der Waals surface area contributed by atoms with E-state index in [9.17, 15) is 0 Å². The highest BCUT2D eigenvalue weighted by Crippen LogP contribution is 2.13. The van der Waals surface area contributed by atoms with Gasteiger partial charge in [-0.3, -0.25) is 5.01 Å². The molecule has 2 nitrogen and oxygen atoms in total. The summed E-state index contributed by atoms with van der Waals surface area (Å²) < 4.78 is 0. The number of nitrogens with zero attached hydrogens (tertiary/aromatic N) is 2. The lowest BCUT2D eigenvalue weighted by molar-refractivity contribution is 0.809. The molecule has 0 bridgehead atoms. The maximum absolute atomic E-state index is 4.56. The van der Waals surface area contributed by atoms with Crippen LogP contribution in [-0.2, 0) is 0 Å². The van der Waals surface area contributed by atoms with Crippen molar-refractivity contribution in [2.45, 2.75) is 13.3 Å². The van der Waals surface area contributed by atoms with Gasteiger partial charge < -0.3 is 0 Å². The first-order valence-electron chi connectivity index (χ1n) is 6.32. The van der Waals surface area contributed by atoms with E-state index in [1.165, 1.54) is 0 Å². The molecule has 0 heterocycles. The number of hydrogen-bond donors (Lipinski definition) is 0. The highest BCUT2D eigenvalue weighted by Gasteiger charge is 2.01. The number of anilines is 1. The lowest BCUT2D eigenvalue weighted by atomic mass is 10.2. The Bertz CT molecular complexity index is 477. The van der Waals surface area contributed by atoms with Gasteiger partial charge in [-0.25, -0.2) is 0 Å². The molecular weight excluding hydrogens is 220 g/mol. The number of hydrazone groups is 1. The third-order valence-electron chi connectivity index (χ3n) is 2.64. The highest BCUT2D eigenvalue weighted by atomic mass is 15.4. The van der Waals surface area contributed by atoms with Crippen molar-refractivity contribution in [3.63, 3.8) is 0 Å². The second-order valence-corrected chi connectivity index (χ2v) is 4.11. The molecule has 92 valence electrons. The van der Waals surface area contributed by atoms with Gasteiger partial charge in [-0.2, -0.15) is 5.10 Å². The summed E-state index contributed by atoms with van der Waals surface area (Å²) in [5.41, 5.74) is 2.25. The van der Waals surface area contributed by atoms with Crippen LogP contribution in [0.15, 0.2) is 65.8 Å². The number of benzene rings is 2. The van der Waals surface area contributed by atoms with E-state index in [0.29, 0.717) is 0 Å². The molecule has 2 aromatic rings. The highest BCUT2D eigenvalue weighted by molar-refractivity contribution is 5.80. The largest absolute Gasteiger partial charge is 0.266 e. The molecule has 0 fully saturated rings. The van der Waals surface area contributed by atoms with E-state index in [4.69, 9.17) is 0 Å². The summed E-state index contributed by atoms with van der Waals surface area (Å²) in [4.78, 5) is 0. The minimum absolute atomic E-state index is 0.924. The zero-order valence-electron chi connectivity index (χ0n) is 10.7. The fourth-order valence-corrected chi connectivity index (χ4v) is 1.74. The molecule has 2 heteroatoms. The first-order valence-corrected chi connectivity index (χ1v) is 6.32. The normalized spacial score (nSPS) is 10.7. The first-order chi connectivity index (χ1) is 8.90. The van der Waals surface area contributed by atoms with E-state index in [0.717, 1.165) is 24.2 Å². The third kappa shape index (κ3) is 3.45. The fraction of sp³-hybridized carbons (Fsp3) is 0.188. The Balaban J connectivity index is 2.14. The third-order valence-corrected chi connectivity index (χ3v) is 2.64. The Hall–Kier alpha value is -2.09. The predicted octanol–water partition coefficient (Wildman–Crippen LogP) is 3.94. The zero-order valence-corrected chi connectivity index (χ0v) is 10.7. The monoisotopic (exact) mass is 238 g/mol. The Kier molecular flexibility index (Phi) is 4.53. The van der Waals surface area contributed by atoms with Crippen molar-refractivity contribution in [1.29, 1.82) is 0 Å². The van der Waals surface area contributed by atoms with Gasteiger partial charge in [0, 0.05) is 6.54 Å². The van der Waals surface area contributed by atoms with E-state index in [1.54, 1.807) is 0 Å². The zero-order chi connectivity index (χ0) is 12.6. The first kappa shape index (κ1) is 12.4. The topological polar surface area (TPSA) is 15.6 Å². The van der Waals surface area contributed by atoms with Crippen molar-refractivity contribution >= 4 is 11.9 Å². The summed E-state index contributed by atoms with van der Waals surface area (Å²) in [6, 6.07) is 20.4. The van der Waals surface area contributed by atoms with E-state index < -0.39 is 0 Å². The van der Waals surface area contributed by atoms with Crippen LogP contribution in [-0.4, -0.2) is 12.8 Å². The molecule has 0 spiro atoms. The maximum Gasteiger partial charge on any atom is 0.0593 e. The molecule has 0 amide bonds. The molecule has 0 saturated carbocycles. The van der Waals surface area contributed by atoms with Crippen molar-refractivity contribution in [2.75, 3.05) is 11.6 Å². The van der Waals surface area contributed by atoms with Gasteiger partial charge >= 0.3 is 0 Å². The van der Waals surface area contributed by atoms with Crippen LogP contribution in [0.5, 0.6) is 0 Å². The molecule has 0 aromatic heterocycles. The number of rotatable bonds is 5. The molecular formula is C16H18N2. The second-order valence-electron chi connectivity index (χ2n) is 4.11. The standard InChI is InChI=1S/C16H18N2/c1-2-13-18(16-11-7-4-8-12-16)17-14-15-9-5-3-6-10-15/h3-12,14H,2,13H2,1H3/b17-14+. The predicted molar refractivity (Wildman–Crippen MR) is 78.1 cm³/mol. The van der Waals surface area contributed by atoms with Gasteiger partial charge in [-0.1, -0.05) is 55.5 Å². The van der Waals surface area contributed by atoms with Crippen molar-refractivity contribution in [3.05, 3.63) is 66.2 Å². The van der Waals surface area contributed by atoms with Crippen LogP contribution in [0, 0.1) is 0 Å². The minimum Gasteiger partial charge on any atom is -0.266 e. The van der Waals surface area contributed by atoms with Gasteiger partial charge in [-0.05, 0) is 24.1 Å². The average Bonchev–Trinajstić information content (AvgIpc) is 2.45. The molecule has 0 unspecified atom stereocenters. The molecule has 2 aromatic carbocycles. The molecule has 18 heavy (non-hydrogen) atoms. The molecule has 2 rings (SSSR count). The van der Waals surface area contributed by atoms with Crippen LogP contribution in [0.4, 0.5) is 5.69 Å². The lowest BCUT2D eigenvalue weighted by Crippen LogP contribution is -2.17. The summed E-state index contributed by atoms with van der Waals surface area (Å²) in [6.45, 7) is 3.08. The van der Waals surface area contributed by atoms with Crippen molar-refractivity contribution in [2.24, 2.45) is 5.10 Å². The van der Waals surface area contributed by atoms with Crippen LogP contribution >= 0.6 is 0 Å². The summed E-state index contributed by atoms with van der Waals surface area (Å²) in [7, 11) is 0. The molecule has 0 aliphatic heterocycles. The summed E-state index contributed by atoms with van der Waals surface area (Å²) >= 11 is 0. The Morgan fingerprint density at radius 1 is 0.944 bits per heavy atom. The summed E-state index contributed by atoms with van der Waals surface area (Å²) in [6.07, 6.45) is 2.98. The molecule has 0 radical (unpaired) electrons. The van der Waals surface area contributed by atoms with E-state index in [-0.39, 0.29) is 0 Å². The van der Waals surface area contributed by atoms with Crippen LogP contribution in [0.2, 0.25) is 0 Å². The van der Waals surface area contributed by atoms with Gasteiger partial charge in [-0.15, -0.1) is 0 Å². The average molecular weight is 238 g/mol. The molecule has 0 aliphatic carbocycles. The van der Waals surface area contributed by atoms with Crippen LogP contribution in [0.3, 0.4) is 0 Å². The fourth-order valence-electron chi connectivity index (χ4n) is 1.74. The second kappa shape index (κ2) is 6.60. The summed E-state index contributed by atoms with van der Waals surface area (Å²) in [5, 5.41) is 6.60. The Labute approximate surface area is 109 Å². The van der Waals surface area contributed by atoms with Gasteiger partial charge in [0.1, 0.15) is 0 Å². The van der Waals surface area contributed by atoms with Gasteiger partial charge in [0.2, 0.25) is 0 Å². The summed E-state index contributed by atoms with van der Waals surface area (Å²) in [5.74, 6) is 0. The molecule has 0 aliphatic rings. The van der Waals surface area contributed by atoms with Crippen molar-refractivity contribution in [1.82, 2.24) is 0 Å². The van der Waals surface area contributed by atoms with Crippen molar-refractivity contribution in [3.8, 4) is 0 Å². The number of hydrogen-bond acceptors (Lipinski definition) is 2. The van der Waals surface area contributed by atoms with Crippen molar-refractivity contribution < 1.29 is 0 Å². The molecule has 0 atom stereocenters. The smallest absolute Gasteiger partial charge is 0.0593 e. The maximum atomic E-state index is 4.56. The molecule has 0 saturated heterocycles. The van der Waals surface area contributed by atoms with Gasteiger partial charge in [0.25, 0.3) is 0 Å². The molecule has 0 N–H and O–H groups in total. The SMILES string of the molecule is CCCN(/N=C/c1ccccc1)c1ccccc1. The van der Waals surface area contributed by atoms with Crippen LogP contribution < -0.4 is 5.01 Å². The minimum atomic E-state index is 0.924. The Morgan fingerprint density at radius 2 is 1.56 bits per heavy atom. The Morgan fingerprint density at radius 3 is 2.17 bits per heavy atom. The lowest BCUT2D eigenvalue weighted by Gasteiger charge is -2.18. The number of para-hydroxylation sites is 1.